The van der Waals surface area contributed by atoms with E-state index < -0.39 is 0 Å². The number of likely N-dealkylation sites (tertiary alicyclic amines) is 1. The number of pyridine rings is 1. The van der Waals surface area contributed by atoms with Crippen molar-refractivity contribution in [2.24, 2.45) is 0 Å². The molecule has 1 aliphatic rings. The lowest BCUT2D eigenvalue weighted by molar-refractivity contribution is 0.0955. The fourth-order valence-electron chi connectivity index (χ4n) is 3.16. The maximum atomic E-state index is 12.3. The molecule has 0 bridgehead atoms. The van der Waals surface area contributed by atoms with E-state index in [1.165, 1.54) is 12.1 Å². The van der Waals surface area contributed by atoms with Gasteiger partial charge in [0.2, 0.25) is 0 Å². The monoisotopic (exact) mass is 328 g/mol. The summed E-state index contributed by atoms with van der Waals surface area (Å²) in [7, 11) is 0. The first-order valence-electron chi connectivity index (χ1n) is 8.14. The summed E-state index contributed by atoms with van der Waals surface area (Å²) >= 11 is 5.86. The van der Waals surface area contributed by atoms with E-state index in [0.717, 1.165) is 31.6 Å². The van der Waals surface area contributed by atoms with Crippen LogP contribution in [0.1, 0.15) is 41.2 Å². The van der Waals surface area contributed by atoms with E-state index in [2.05, 4.69) is 16.0 Å². The molecule has 1 saturated heterocycles. The van der Waals surface area contributed by atoms with Gasteiger partial charge in [0.25, 0.3) is 0 Å². The van der Waals surface area contributed by atoms with Crippen molar-refractivity contribution in [3.63, 3.8) is 0 Å². The molecule has 0 N–H and O–H groups in total. The fraction of sp³-hybridized carbons (Fsp3) is 0.368. The molecule has 1 fully saturated rings. The number of benzene rings is 1. The Bertz CT molecular complexity index is 642. The van der Waals surface area contributed by atoms with Crippen molar-refractivity contribution in [2.75, 3.05) is 19.6 Å². The number of halogens is 1. The second kappa shape index (κ2) is 7.71. The van der Waals surface area contributed by atoms with Gasteiger partial charge in [0.15, 0.2) is 5.78 Å². The zero-order valence-corrected chi connectivity index (χ0v) is 13.9. The summed E-state index contributed by atoms with van der Waals surface area (Å²) in [6.45, 7) is 2.87. The third-order valence-electron chi connectivity index (χ3n) is 4.43. The standard InChI is InChI=1S/C19H21ClN2O/c20-17-8-6-15(7-9-17)19(23)10-13-22-12-3-4-16(14-22)18-5-1-2-11-21-18/h1-2,5-9,11,16H,3-4,10,12-14H2. The first kappa shape index (κ1) is 16.2. The van der Waals surface area contributed by atoms with E-state index in [0.29, 0.717) is 17.4 Å². The molecule has 1 aromatic carbocycles. The predicted molar refractivity (Wildman–Crippen MR) is 93.1 cm³/mol. The highest BCUT2D eigenvalue weighted by molar-refractivity contribution is 6.30. The third-order valence-corrected chi connectivity index (χ3v) is 4.68. The van der Waals surface area contributed by atoms with E-state index in [1.54, 1.807) is 24.3 Å². The maximum Gasteiger partial charge on any atom is 0.164 e. The average Bonchev–Trinajstić information content (AvgIpc) is 2.61. The van der Waals surface area contributed by atoms with Gasteiger partial charge in [-0.25, -0.2) is 0 Å². The van der Waals surface area contributed by atoms with Gasteiger partial charge >= 0.3 is 0 Å². The molecule has 120 valence electrons. The first-order valence-corrected chi connectivity index (χ1v) is 8.52. The van der Waals surface area contributed by atoms with Crippen LogP contribution in [-0.4, -0.2) is 35.3 Å². The van der Waals surface area contributed by atoms with Crippen molar-refractivity contribution in [3.8, 4) is 0 Å². The summed E-state index contributed by atoms with van der Waals surface area (Å²) in [5.74, 6) is 0.664. The van der Waals surface area contributed by atoms with Crippen molar-refractivity contribution in [3.05, 3.63) is 64.9 Å². The number of carbonyl (C=O) groups is 1. The fourth-order valence-corrected chi connectivity index (χ4v) is 3.28. The van der Waals surface area contributed by atoms with Crippen LogP contribution < -0.4 is 0 Å². The number of Topliss-reactive ketones (excluding diaryl/α,β-unsaturated/α-hetero) is 1. The molecule has 3 nitrogen and oxygen atoms in total. The molecule has 0 spiro atoms. The van der Waals surface area contributed by atoms with Gasteiger partial charge in [0.1, 0.15) is 0 Å². The van der Waals surface area contributed by atoms with Crippen LogP contribution in [0.4, 0.5) is 0 Å². The molecule has 0 radical (unpaired) electrons. The largest absolute Gasteiger partial charge is 0.302 e. The van der Waals surface area contributed by atoms with Crippen molar-refractivity contribution in [2.45, 2.75) is 25.2 Å². The molecule has 1 unspecified atom stereocenters. The second-order valence-corrected chi connectivity index (χ2v) is 6.51. The Morgan fingerprint density at radius 2 is 2.04 bits per heavy atom. The summed E-state index contributed by atoms with van der Waals surface area (Å²) < 4.78 is 0. The third kappa shape index (κ3) is 4.40. The van der Waals surface area contributed by atoms with Gasteiger partial charge in [-0.15, -0.1) is 0 Å². The van der Waals surface area contributed by atoms with Crippen LogP contribution in [0.3, 0.4) is 0 Å². The Morgan fingerprint density at radius 3 is 2.78 bits per heavy atom. The summed E-state index contributed by atoms with van der Waals surface area (Å²) in [6, 6.07) is 13.3. The molecule has 3 rings (SSSR count). The van der Waals surface area contributed by atoms with Crippen LogP contribution in [0.5, 0.6) is 0 Å². The highest BCUT2D eigenvalue weighted by atomic mass is 35.5. The Labute approximate surface area is 142 Å². The molecule has 4 heteroatoms. The molecule has 2 heterocycles. The average molecular weight is 329 g/mol. The number of ketones is 1. The summed E-state index contributed by atoms with van der Waals surface area (Å²) in [4.78, 5) is 19.1. The molecule has 1 aromatic heterocycles. The Balaban J connectivity index is 1.54. The molecule has 1 atom stereocenters. The minimum atomic E-state index is 0.182. The zero-order valence-electron chi connectivity index (χ0n) is 13.1. The van der Waals surface area contributed by atoms with Crippen LogP contribution in [0, 0.1) is 0 Å². The topological polar surface area (TPSA) is 33.2 Å². The maximum absolute atomic E-state index is 12.3. The van der Waals surface area contributed by atoms with Crippen LogP contribution >= 0.6 is 11.6 Å². The molecule has 2 aromatic rings. The molecule has 0 saturated carbocycles. The summed E-state index contributed by atoms with van der Waals surface area (Å²) in [6.07, 6.45) is 4.75. The van der Waals surface area contributed by atoms with Crippen molar-refractivity contribution in [1.82, 2.24) is 9.88 Å². The van der Waals surface area contributed by atoms with Gasteiger partial charge in [-0.3, -0.25) is 9.78 Å². The Hall–Kier alpha value is -1.71. The van der Waals surface area contributed by atoms with Gasteiger partial charge in [-0.1, -0.05) is 17.7 Å². The van der Waals surface area contributed by atoms with Crippen molar-refractivity contribution in [1.29, 1.82) is 0 Å². The highest BCUT2D eigenvalue weighted by Crippen LogP contribution is 2.25. The number of hydrogen-bond acceptors (Lipinski definition) is 3. The van der Waals surface area contributed by atoms with E-state index in [1.807, 2.05) is 18.3 Å². The van der Waals surface area contributed by atoms with E-state index in [-0.39, 0.29) is 5.78 Å². The van der Waals surface area contributed by atoms with E-state index in [9.17, 15) is 4.79 Å². The van der Waals surface area contributed by atoms with Gasteiger partial charge in [0, 0.05) is 47.9 Å². The van der Waals surface area contributed by atoms with Crippen molar-refractivity contribution >= 4 is 17.4 Å². The molecule has 0 amide bonds. The minimum absolute atomic E-state index is 0.182. The number of nitrogens with zero attached hydrogens (tertiary/aromatic N) is 2. The SMILES string of the molecule is O=C(CCN1CCCC(c2ccccn2)C1)c1ccc(Cl)cc1. The molecular formula is C19H21ClN2O. The predicted octanol–water partition coefficient (Wildman–Crippen LogP) is 4.19. The Kier molecular flexibility index (Phi) is 5.42. The molecule has 23 heavy (non-hydrogen) atoms. The van der Waals surface area contributed by atoms with Crippen LogP contribution in [0.15, 0.2) is 48.7 Å². The van der Waals surface area contributed by atoms with Gasteiger partial charge in [-0.05, 0) is 55.8 Å². The molecule has 1 aliphatic heterocycles. The van der Waals surface area contributed by atoms with Crippen LogP contribution in [0.2, 0.25) is 5.02 Å². The van der Waals surface area contributed by atoms with Crippen LogP contribution in [0.25, 0.3) is 0 Å². The van der Waals surface area contributed by atoms with E-state index >= 15 is 0 Å². The molecular weight excluding hydrogens is 308 g/mol. The van der Waals surface area contributed by atoms with Gasteiger partial charge in [-0.2, -0.15) is 0 Å². The smallest absolute Gasteiger partial charge is 0.164 e. The first-order chi connectivity index (χ1) is 11.2. The normalized spacial score (nSPS) is 18.7. The lowest BCUT2D eigenvalue weighted by Crippen LogP contribution is -2.36. The number of carbonyl (C=O) groups excluding carboxylic acids is 1. The second-order valence-electron chi connectivity index (χ2n) is 6.07. The van der Waals surface area contributed by atoms with Gasteiger partial charge in [0.05, 0.1) is 0 Å². The Morgan fingerprint density at radius 1 is 1.22 bits per heavy atom. The van der Waals surface area contributed by atoms with Gasteiger partial charge < -0.3 is 4.90 Å². The molecule has 0 aliphatic carbocycles. The van der Waals surface area contributed by atoms with Crippen molar-refractivity contribution < 1.29 is 4.79 Å². The summed E-state index contributed by atoms with van der Waals surface area (Å²) in [5, 5.41) is 0.663. The number of hydrogen-bond donors (Lipinski definition) is 0. The number of rotatable bonds is 5. The quantitative estimate of drug-likeness (QED) is 0.772. The number of aromatic nitrogens is 1. The highest BCUT2D eigenvalue weighted by Gasteiger charge is 2.22. The van der Waals surface area contributed by atoms with Crippen LogP contribution in [-0.2, 0) is 0 Å². The minimum Gasteiger partial charge on any atom is -0.302 e. The number of piperidine rings is 1. The summed E-state index contributed by atoms with van der Waals surface area (Å²) in [5.41, 5.74) is 1.91. The lowest BCUT2D eigenvalue weighted by atomic mass is 9.94. The zero-order chi connectivity index (χ0) is 16.1. The van der Waals surface area contributed by atoms with E-state index in [4.69, 9.17) is 11.6 Å². The lowest BCUT2D eigenvalue weighted by Gasteiger charge is -2.32.